The molecule has 0 atom stereocenters. The van der Waals surface area contributed by atoms with Gasteiger partial charge in [0.2, 0.25) is 0 Å². The molecule has 0 fully saturated rings. The fourth-order valence-electron chi connectivity index (χ4n) is 2.33. The van der Waals surface area contributed by atoms with E-state index in [1.54, 1.807) is 30.3 Å². The molecule has 0 radical (unpaired) electrons. The largest absolute Gasteiger partial charge is 0.508 e. The molecule has 1 N–H and O–H groups in total. The summed E-state index contributed by atoms with van der Waals surface area (Å²) in [5.74, 6) is -0.245. The predicted molar refractivity (Wildman–Crippen MR) is 89.9 cm³/mol. The Morgan fingerprint density at radius 1 is 1.08 bits per heavy atom. The highest BCUT2D eigenvalue weighted by Gasteiger charge is 2.15. The molecule has 24 heavy (non-hydrogen) atoms. The number of Topliss-reactive ketones (excluding diaryl/α,β-unsaturated/α-hetero) is 1. The molecule has 2 rings (SSSR count). The van der Waals surface area contributed by atoms with Gasteiger partial charge in [-0.2, -0.15) is 0 Å². The number of ketones is 1. The van der Waals surface area contributed by atoms with E-state index in [1.807, 2.05) is 0 Å². The number of phenols is 1. The van der Waals surface area contributed by atoms with Gasteiger partial charge in [-0.05, 0) is 35.9 Å². The van der Waals surface area contributed by atoms with E-state index < -0.39 is 5.97 Å². The normalized spacial score (nSPS) is 10.3. The minimum absolute atomic E-state index is 0.0257. The Morgan fingerprint density at radius 2 is 1.83 bits per heavy atom. The molecule has 0 aliphatic heterocycles. The lowest BCUT2D eigenvalue weighted by Gasteiger charge is -2.09. The van der Waals surface area contributed by atoms with Crippen molar-refractivity contribution in [2.24, 2.45) is 0 Å². The Bertz CT molecular complexity index is 770. The highest BCUT2D eigenvalue weighted by molar-refractivity contribution is 6.30. The van der Waals surface area contributed by atoms with Gasteiger partial charge in [0.05, 0.1) is 14.2 Å². The third-order valence-corrected chi connectivity index (χ3v) is 3.73. The van der Waals surface area contributed by atoms with Gasteiger partial charge >= 0.3 is 5.97 Å². The summed E-state index contributed by atoms with van der Waals surface area (Å²) in [4.78, 5) is 24.0. The van der Waals surface area contributed by atoms with Crippen molar-refractivity contribution in [2.45, 2.75) is 12.8 Å². The molecule has 2 aromatic rings. The summed E-state index contributed by atoms with van der Waals surface area (Å²) in [5, 5.41) is 10.2. The maximum Gasteiger partial charge on any atom is 0.341 e. The molecule has 0 aliphatic carbocycles. The van der Waals surface area contributed by atoms with Crippen molar-refractivity contribution < 1.29 is 24.2 Å². The van der Waals surface area contributed by atoms with Crippen molar-refractivity contribution in [1.82, 2.24) is 0 Å². The average molecular weight is 349 g/mol. The number of carbonyl (C=O) groups is 2. The molecule has 6 heteroatoms. The van der Waals surface area contributed by atoms with E-state index in [2.05, 4.69) is 0 Å². The highest BCUT2D eigenvalue weighted by atomic mass is 35.5. The van der Waals surface area contributed by atoms with Crippen LogP contribution in [0, 0.1) is 0 Å². The SMILES string of the molecule is COC(=O)c1cc(CC(=O)Cc2cc(Cl)ccc2O)ccc1OC. The first-order valence-electron chi connectivity index (χ1n) is 7.19. The molecule has 0 amide bonds. The summed E-state index contributed by atoms with van der Waals surface area (Å²) in [5.41, 5.74) is 1.38. The van der Waals surface area contributed by atoms with Crippen LogP contribution < -0.4 is 4.74 Å². The Hall–Kier alpha value is -2.53. The molecule has 0 bridgehead atoms. The molecule has 0 aromatic heterocycles. The van der Waals surface area contributed by atoms with Crippen molar-refractivity contribution in [1.29, 1.82) is 0 Å². The average Bonchev–Trinajstić information content (AvgIpc) is 2.57. The Kier molecular flexibility index (Phi) is 5.82. The summed E-state index contributed by atoms with van der Waals surface area (Å²) in [6.45, 7) is 0. The summed E-state index contributed by atoms with van der Waals surface area (Å²) in [6, 6.07) is 9.46. The fourth-order valence-corrected chi connectivity index (χ4v) is 2.53. The molecule has 0 spiro atoms. The van der Waals surface area contributed by atoms with E-state index >= 15 is 0 Å². The number of benzene rings is 2. The van der Waals surface area contributed by atoms with Gasteiger partial charge in [-0.15, -0.1) is 0 Å². The van der Waals surface area contributed by atoms with Crippen LogP contribution in [0.15, 0.2) is 36.4 Å². The van der Waals surface area contributed by atoms with Gasteiger partial charge in [0.15, 0.2) is 0 Å². The molecule has 126 valence electrons. The summed E-state index contributed by atoms with van der Waals surface area (Å²) >= 11 is 5.88. The second kappa shape index (κ2) is 7.84. The van der Waals surface area contributed by atoms with Crippen LogP contribution in [0.3, 0.4) is 0 Å². The molecule has 0 heterocycles. The van der Waals surface area contributed by atoms with Crippen LogP contribution >= 0.6 is 11.6 Å². The topological polar surface area (TPSA) is 72.8 Å². The van der Waals surface area contributed by atoms with Gasteiger partial charge < -0.3 is 14.6 Å². The Morgan fingerprint density at radius 3 is 2.50 bits per heavy atom. The van der Waals surface area contributed by atoms with Gasteiger partial charge in [-0.1, -0.05) is 17.7 Å². The smallest absolute Gasteiger partial charge is 0.341 e. The lowest BCUT2D eigenvalue weighted by molar-refractivity contribution is -0.117. The second-order valence-corrected chi connectivity index (χ2v) is 5.63. The van der Waals surface area contributed by atoms with E-state index in [9.17, 15) is 14.7 Å². The first-order valence-corrected chi connectivity index (χ1v) is 7.56. The number of hydrogen-bond donors (Lipinski definition) is 1. The van der Waals surface area contributed by atoms with Gasteiger partial charge in [-0.3, -0.25) is 4.79 Å². The van der Waals surface area contributed by atoms with Crippen LogP contribution in [0.4, 0.5) is 0 Å². The number of rotatable bonds is 6. The van der Waals surface area contributed by atoms with Gasteiger partial charge in [0.1, 0.15) is 22.8 Å². The standard InChI is InChI=1S/C18H17ClO5/c1-23-17-6-3-11(8-15(17)18(22)24-2)7-14(20)10-12-9-13(19)4-5-16(12)21/h3-6,8-9,21H,7,10H2,1-2H3. The van der Waals surface area contributed by atoms with Crippen LogP contribution in [0.2, 0.25) is 5.02 Å². The number of methoxy groups -OCH3 is 2. The Labute approximate surface area is 144 Å². The zero-order valence-electron chi connectivity index (χ0n) is 13.3. The maximum atomic E-state index is 12.2. The highest BCUT2D eigenvalue weighted by Crippen LogP contribution is 2.24. The summed E-state index contributed by atoms with van der Waals surface area (Å²) in [7, 11) is 2.73. The maximum absolute atomic E-state index is 12.2. The van der Waals surface area contributed by atoms with E-state index in [0.29, 0.717) is 21.9 Å². The second-order valence-electron chi connectivity index (χ2n) is 5.19. The van der Waals surface area contributed by atoms with Crippen LogP contribution in [0.25, 0.3) is 0 Å². The van der Waals surface area contributed by atoms with Crippen LogP contribution in [0.5, 0.6) is 11.5 Å². The lowest BCUT2D eigenvalue weighted by atomic mass is 10.0. The Balaban J connectivity index is 2.17. The molecule has 5 nitrogen and oxygen atoms in total. The van der Waals surface area contributed by atoms with Crippen LogP contribution in [-0.2, 0) is 22.4 Å². The van der Waals surface area contributed by atoms with Crippen molar-refractivity contribution >= 4 is 23.4 Å². The van der Waals surface area contributed by atoms with Gasteiger partial charge in [0, 0.05) is 23.4 Å². The monoisotopic (exact) mass is 348 g/mol. The predicted octanol–water partition coefficient (Wildman–Crippen LogP) is 3.20. The fraction of sp³-hybridized carbons (Fsp3) is 0.222. The molecule has 0 saturated heterocycles. The summed E-state index contributed by atoms with van der Waals surface area (Å²) < 4.78 is 9.83. The molecule has 2 aromatic carbocycles. The first-order chi connectivity index (χ1) is 11.4. The molecular weight excluding hydrogens is 332 g/mol. The molecular formula is C18H17ClO5. The van der Waals surface area contributed by atoms with E-state index in [1.165, 1.54) is 20.3 Å². The number of halogens is 1. The van der Waals surface area contributed by atoms with E-state index in [0.717, 1.165) is 0 Å². The van der Waals surface area contributed by atoms with E-state index in [-0.39, 0.29) is 29.9 Å². The molecule has 0 aliphatic rings. The minimum Gasteiger partial charge on any atom is -0.508 e. The zero-order chi connectivity index (χ0) is 17.7. The van der Waals surface area contributed by atoms with Crippen molar-refractivity contribution in [3.63, 3.8) is 0 Å². The van der Waals surface area contributed by atoms with E-state index in [4.69, 9.17) is 21.1 Å². The third-order valence-electron chi connectivity index (χ3n) is 3.50. The quantitative estimate of drug-likeness (QED) is 0.811. The van der Waals surface area contributed by atoms with Crippen molar-refractivity contribution in [3.8, 4) is 11.5 Å². The van der Waals surface area contributed by atoms with Crippen molar-refractivity contribution in [2.75, 3.05) is 14.2 Å². The van der Waals surface area contributed by atoms with Gasteiger partial charge in [-0.25, -0.2) is 4.79 Å². The number of ether oxygens (including phenoxy) is 2. The van der Waals surface area contributed by atoms with Crippen molar-refractivity contribution in [3.05, 3.63) is 58.1 Å². The number of aromatic hydroxyl groups is 1. The third kappa shape index (κ3) is 4.26. The number of esters is 1. The zero-order valence-corrected chi connectivity index (χ0v) is 14.1. The van der Waals surface area contributed by atoms with Crippen LogP contribution in [-0.4, -0.2) is 31.1 Å². The van der Waals surface area contributed by atoms with Gasteiger partial charge in [0.25, 0.3) is 0 Å². The number of hydrogen-bond acceptors (Lipinski definition) is 5. The molecule has 0 unspecified atom stereocenters. The van der Waals surface area contributed by atoms with Crippen LogP contribution in [0.1, 0.15) is 21.5 Å². The lowest BCUT2D eigenvalue weighted by Crippen LogP contribution is -2.09. The number of phenolic OH excluding ortho intramolecular Hbond substituents is 1. The minimum atomic E-state index is -0.534. The number of carbonyl (C=O) groups excluding carboxylic acids is 2. The summed E-state index contributed by atoms with van der Waals surface area (Å²) in [6.07, 6.45) is 0.159. The molecule has 0 saturated carbocycles. The first kappa shape index (κ1) is 17.8.